The van der Waals surface area contributed by atoms with Gasteiger partial charge in [0.15, 0.2) is 0 Å². The molecule has 88 valence electrons. The lowest BCUT2D eigenvalue weighted by Gasteiger charge is -2.30. The first kappa shape index (κ1) is 11.6. The Hall–Kier alpha value is -0.870. The minimum absolute atomic E-state index is 0.224. The van der Waals surface area contributed by atoms with Gasteiger partial charge in [-0.05, 0) is 24.0 Å². The first-order chi connectivity index (χ1) is 7.62. The third-order valence-corrected chi connectivity index (χ3v) is 4.54. The topological polar surface area (TPSA) is 46.2 Å². The van der Waals surface area contributed by atoms with E-state index in [1.807, 2.05) is 19.1 Å². The van der Waals surface area contributed by atoms with Crippen molar-refractivity contribution in [3.8, 4) is 0 Å². The molecule has 0 fully saturated rings. The maximum Gasteiger partial charge on any atom is 0.211 e. The standard InChI is InChI=1S/C12H17NO2S/c1-2-7-16(14,15)13-9-11-8-10-5-3-4-6-12(10)11/h3-6,11,13H,2,7-9H2,1H3. The molecule has 0 bridgehead atoms. The Morgan fingerprint density at radius 3 is 2.81 bits per heavy atom. The minimum atomic E-state index is -3.06. The molecular formula is C12H17NO2S. The highest BCUT2D eigenvalue weighted by atomic mass is 32.2. The smallest absolute Gasteiger partial charge is 0.211 e. The fourth-order valence-corrected chi connectivity index (χ4v) is 3.25. The van der Waals surface area contributed by atoms with Gasteiger partial charge in [0.1, 0.15) is 0 Å². The lowest BCUT2D eigenvalue weighted by Crippen LogP contribution is -2.34. The molecule has 1 N–H and O–H groups in total. The molecule has 0 saturated heterocycles. The summed E-state index contributed by atoms with van der Waals surface area (Å²) >= 11 is 0. The zero-order chi connectivity index (χ0) is 11.6. The van der Waals surface area contributed by atoms with Crippen molar-refractivity contribution in [3.63, 3.8) is 0 Å². The van der Waals surface area contributed by atoms with E-state index in [-0.39, 0.29) is 5.75 Å². The molecule has 0 saturated carbocycles. The van der Waals surface area contributed by atoms with Gasteiger partial charge in [-0.3, -0.25) is 0 Å². The average molecular weight is 239 g/mol. The summed E-state index contributed by atoms with van der Waals surface area (Å²) in [5, 5.41) is 0. The number of sulfonamides is 1. The Kier molecular flexibility index (Phi) is 3.30. The summed E-state index contributed by atoms with van der Waals surface area (Å²) in [6.07, 6.45) is 1.65. The lowest BCUT2D eigenvalue weighted by atomic mass is 9.78. The number of fused-ring (bicyclic) bond motifs is 1. The van der Waals surface area contributed by atoms with Crippen LogP contribution in [0.3, 0.4) is 0 Å². The Morgan fingerprint density at radius 1 is 1.38 bits per heavy atom. The molecule has 3 nitrogen and oxygen atoms in total. The zero-order valence-corrected chi connectivity index (χ0v) is 10.3. The predicted molar refractivity (Wildman–Crippen MR) is 65.0 cm³/mol. The van der Waals surface area contributed by atoms with Crippen molar-refractivity contribution in [2.75, 3.05) is 12.3 Å². The van der Waals surface area contributed by atoms with Crippen LogP contribution in [0, 0.1) is 0 Å². The summed E-state index contributed by atoms with van der Waals surface area (Å²) in [4.78, 5) is 0. The number of hydrogen-bond acceptors (Lipinski definition) is 2. The molecule has 4 heteroatoms. The summed E-state index contributed by atoms with van der Waals surface area (Å²) in [5.74, 6) is 0.587. The summed E-state index contributed by atoms with van der Waals surface area (Å²) in [6, 6.07) is 8.21. The normalized spacial score (nSPS) is 18.9. The summed E-state index contributed by atoms with van der Waals surface area (Å²) in [6.45, 7) is 2.41. The molecule has 0 spiro atoms. The van der Waals surface area contributed by atoms with Gasteiger partial charge in [-0.25, -0.2) is 13.1 Å². The molecule has 0 radical (unpaired) electrons. The fraction of sp³-hybridized carbons (Fsp3) is 0.500. The third kappa shape index (κ3) is 2.44. The van der Waals surface area contributed by atoms with E-state index < -0.39 is 10.0 Å². The van der Waals surface area contributed by atoms with Crippen molar-refractivity contribution in [2.24, 2.45) is 0 Å². The molecule has 2 rings (SSSR count). The monoisotopic (exact) mass is 239 g/mol. The van der Waals surface area contributed by atoms with E-state index in [0.29, 0.717) is 18.9 Å². The first-order valence-corrected chi connectivity index (χ1v) is 7.33. The molecule has 1 aromatic rings. The Bertz CT molecular complexity index is 468. The van der Waals surface area contributed by atoms with E-state index in [4.69, 9.17) is 0 Å². The largest absolute Gasteiger partial charge is 0.215 e. The van der Waals surface area contributed by atoms with Crippen molar-refractivity contribution in [2.45, 2.75) is 25.7 Å². The van der Waals surface area contributed by atoms with Gasteiger partial charge in [-0.2, -0.15) is 0 Å². The molecular weight excluding hydrogens is 222 g/mol. The van der Waals surface area contributed by atoms with Crippen LogP contribution >= 0.6 is 0 Å². The first-order valence-electron chi connectivity index (χ1n) is 5.67. The van der Waals surface area contributed by atoms with Gasteiger partial charge in [0.05, 0.1) is 5.75 Å². The van der Waals surface area contributed by atoms with Crippen LogP contribution in [0.2, 0.25) is 0 Å². The minimum Gasteiger partial charge on any atom is -0.215 e. The lowest BCUT2D eigenvalue weighted by molar-refractivity contribution is 0.551. The Morgan fingerprint density at radius 2 is 2.12 bits per heavy atom. The van der Waals surface area contributed by atoms with Crippen LogP contribution in [0.4, 0.5) is 0 Å². The van der Waals surface area contributed by atoms with Crippen molar-refractivity contribution >= 4 is 10.0 Å². The van der Waals surface area contributed by atoms with E-state index in [9.17, 15) is 8.42 Å². The van der Waals surface area contributed by atoms with Crippen LogP contribution in [0.1, 0.15) is 30.4 Å². The zero-order valence-electron chi connectivity index (χ0n) is 9.44. The molecule has 1 aliphatic rings. The van der Waals surface area contributed by atoms with E-state index in [1.54, 1.807) is 0 Å². The predicted octanol–water partition coefficient (Wildman–Crippen LogP) is 1.66. The van der Waals surface area contributed by atoms with Crippen LogP contribution in [0.25, 0.3) is 0 Å². The van der Waals surface area contributed by atoms with Gasteiger partial charge in [0, 0.05) is 12.5 Å². The Labute approximate surface area is 96.9 Å². The maximum absolute atomic E-state index is 11.5. The summed E-state index contributed by atoms with van der Waals surface area (Å²) in [7, 11) is -3.06. The van der Waals surface area contributed by atoms with Crippen LogP contribution < -0.4 is 4.72 Å². The van der Waals surface area contributed by atoms with Crippen LogP contribution in [-0.4, -0.2) is 20.7 Å². The fourth-order valence-electron chi connectivity index (χ4n) is 2.11. The molecule has 1 unspecified atom stereocenters. The second-order valence-electron chi connectivity index (χ2n) is 4.27. The Balaban J connectivity index is 1.91. The van der Waals surface area contributed by atoms with Gasteiger partial charge in [-0.15, -0.1) is 0 Å². The average Bonchev–Trinajstić information content (AvgIpc) is 2.19. The van der Waals surface area contributed by atoms with Crippen LogP contribution in [0.15, 0.2) is 24.3 Å². The number of rotatable bonds is 5. The van der Waals surface area contributed by atoms with Gasteiger partial charge in [0.2, 0.25) is 10.0 Å². The van der Waals surface area contributed by atoms with Gasteiger partial charge in [0.25, 0.3) is 0 Å². The molecule has 0 heterocycles. The summed E-state index contributed by atoms with van der Waals surface area (Å²) in [5.41, 5.74) is 2.64. The van der Waals surface area contributed by atoms with E-state index in [2.05, 4.69) is 16.9 Å². The van der Waals surface area contributed by atoms with Gasteiger partial charge < -0.3 is 0 Å². The maximum atomic E-state index is 11.5. The van der Waals surface area contributed by atoms with Crippen molar-refractivity contribution < 1.29 is 8.42 Å². The third-order valence-electron chi connectivity index (χ3n) is 2.98. The van der Waals surface area contributed by atoms with Crippen molar-refractivity contribution in [1.29, 1.82) is 0 Å². The highest BCUT2D eigenvalue weighted by Gasteiger charge is 2.26. The molecule has 1 atom stereocenters. The molecule has 0 aliphatic heterocycles. The highest BCUT2D eigenvalue weighted by molar-refractivity contribution is 7.89. The van der Waals surface area contributed by atoms with Crippen molar-refractivity contribution in [1.82, 2.24) is 4.72 Å². The second-order valence-corrected chi connectivity index (χ2v) is 6.19. The van der Waals surface area contributed by atoms with Gasteiger partial charge >= 0.3 is 0 Å². The molecule has 1 aliphatic carbocycles. The van der Waals surface area contributed by atoms with Gasteiger partial charge in [-0.1, -0.05) is 31.2 Å². The van der Waals surface area contributed by atoms with E-state index in [1.165, 1.54) is 11.1 Å². The molecule has 0 aromatic heterocycles. The molecule has 0 amide bonds. The van der Waals surface area contributed by atoms with Crippen molar-refractivity contribution in [3.05, 3.63) is 35.4 Å². The number of benzene rings is 1. The molecule has 16 heavy (non-hydrogen) atoms. The quantitative estimate of drug-likeness (QED) is 0.849. The molecule has 1 aromatic carbocycles. The second kappa shape index (κ2) is 4.55. The van der Waals surface area contributed by atoms with Crippen LogP contribution in [0.5, 0.6) is 0 Å². The number of nitrogens with one attached hydrogen (secondary N) is 1. The SMILES string of the molecule is CCCS(=O)(=O)NCC1Cc2ccccc21. The van der Waals surface area contributed by atoms with E-state index >= 15 is 0 Å². The number of hydrogen-bond donors (Lipinski definition) is 1. The van der Waals surface area contributed by atoms with E-state index in [0.717, 1.165) is 6.42 Å². The summed E-state index contributed by atoms with van der Waals surface area (Å²) < 4.78 is 25.6. The highest BCUT2D eigenvalue weighted by Crippen LogP contribution is 2.34. The van der Waals surface area contributed by atoms with Crippen LogP contribution in [-0.2, 0) is 16.4 Å².